The van der Waals surface area contributed by atoms with Crippen LogP contribution in [0.1, 0.15) is 68.6 Å². The number of benzene rings is 2. The molecule has 0 saturated heterocycles. The first kappa shape index (κ1) is 25.5. The van der Waals surface area contributed by atoms with Crippen LogP contribution in [0.3, 0.4) is 0 Å². The number of ketones is 1. The van der Waals surface area contributed by atoms with Crippen LogP contribution in [0.25, 0.3) is 0 Å². The summed E-state index contributed by atoms with van der Waals surface area (Å²) in [6.45, 7) is 7.78. The number of hydrogen-bond donors (Lipinski definition) is 1. The number of aryl methyl sites for hydroxylation is 1. The van der Waals surface area contributed by atoms with Crippen molar-refractivity contribution in [2.24, 2.45) is 0 Å². The van der Waals surface area contributed by atoms with Crippen molar-refractivity contribution in [3.63, 3.8) is 0 Å². The Balaban J connectivity index is 1.76. The molecule has 0 unspecified atom stereocenters. The Morgan fingerprint density at radius 3 is 2.31 bits per heavy atom. The van der Waals surface area contributed by atoms with Crippen LogP contribution >= 0.6 is 0 Å². The van der Waals surface area contributed by atoms with Crippen molar-refractivity contribution in [2.75, 3.05) is 14.2 Å². The number of hydrogen-bond acceptors (Lipinski definition) is 6. The first-order chi connectivity index (χ1) is 17.3. The maximum Gasteiger partial charge on any atom is 0.337 e. The van der Waals surface area contributed by atoms with Crippen LogP contribution in [0, 0.1) is 6.92 Å². The van der Waals surface area contributed by atoms with E-state index in [9.17, 15) is 9.59 Å². The van der Waals surface area contributed by atoms with Gasteiger partial charge < -0.3 is 19.5 Å². The molecule has 2 aromatic rings. The molecule has 2 aliphatic rings. The minimum atomic E-state index is -0.461. The molecule has 6 nitrogen and oxygen atoms in total. The van der Waals surface area contributed by atoms with Crippen LogP contribution in [0.2, 0.25) is 0 Å². The van der Waals surface area contributed by atoms with E-state index in [-0.39, 0.29) is 23.8 Å². The maximum absolute atomic E-state index is 13.8. The fourth-order valence-electron chi connectivity index (χ4n) is 5.07. The molecule has 1 heterocycles. The Labute approximate surface area is 213 Å². The molecule has 0 spiro atoms. The monoisotopic (exact) mass is 489 g/mol. The van der Waals surface area contributed by atoms with E-state index in [2.05, 4.69) is 5.32 Å². The van der Waals surface area contributed by atoms with Gasteiger partial charge in [0, 0.05) is 29.3 Å². The van der Waals surface area contributed by atoms with Crippen molar-refractivity contribution in [3.05, 3.63) is 81.7 Å². The van der Waals surface area contributed by atoms with Gasteiger partial charge >= 0.3 is 5.97 Å². The lowest BCUT2D eigenvalue weighted by atomic mass is 9.71. The molecule has 6 heteroatoms. The molecule has 36 heavy (non-hydrogen) atoms. The van der Waals surface area contributed by atoms with Gasteiger partial charge in [-0.15, -0.1) is 0 Å². The summed E-state index contributed by atoms with van der Waals surface area (Å²) in [4.78, 5) is 27.1. The van der Waals surface area contributed by atoms with Gasteiger partial charge in [-0.05, 0) is 62.8 Å². The van der Waals surface area contributed by atoms with Gasteiger partial charge in [0.25, 0.3) is 0 Å². The number of carbonyl (C=O) groups excluding carboxylic acids is 2. The lowest BCUT2D eigenvalue weighted by molar-refractivity contribution is -0.144. The summed E-state index contributed by atoms with van der Waals surface area (Å²) in [6.07, 6.45) is 1.53. The number of carbonyl (C=O) groups is 2. The zero-order valence-electron chi connectivity index (χ0n) is 21.9. The summed E-state index contributed by atoms with van der Waals surface area (Å²) >= 11 is 0. The van der Waals surface area contributed by atoms with Crippen LogP contribution in [0.4, 0.5) is 0 Å². The van der Waals surface area contributed by atoms with Crippen molar-refractivity contribution in [1.82, 2.24) is 5.32 Å². The van der Waals surface area contributed by atoms with E-state index in [0.29, 0.717) is 35.5 Å². The third-order valence-corrected chi connectivity index (χ3v) is 7.22. The van der Waals surface area contributed by atoms with Crippen LogP contribution < -0.4 is 14.8 Å². The summed E-state index contributed by atoms with van der Waals surface area (Å²) in [5, 5.41) is 3.41. The third-order valence-electron chi connectivity index (χ3n) is 7.22. The molecule has 1 N–H and O–H groups in total. The largest absolute Gasteiger partial charge is 0.493 e. The van der Waals surface area contributed by atoms with Gasteiger partial charge in [-0.2, -0.15) is 0 Å². The molecule has 0 saturated carbocycles. The van der Waals surface area contributed by atoms with Crippen molar-refractivity contribution in [2.45, 2.75) is 64.9 Å². The maximum atomic E-state index is 13.8. The minimum absolute atomic E-state index is 0.0105. The van der Waals surface area contributed by atoms with E-state index in [1.165, 1.54) is 0 Å². The van der Waals surface area contributed by atoms with Gasteiger partial charge in [-0.25, -0.2) is 4.79 Å². The van der Waals surface area contributed by atoms with Gasteiger partial charge in [0.1, 0.15) is 0 Å². The summed E-state index contributed by atoms with van der Waals surface area (Å²) in [5.74, 6) is 0.488. The fraction of sp³-hybridized carbons (Fsp3) is 0.400. The third kappa shape index (κ3) is 4.90. The van der Waals surface area contributed by atoms with Gasteiger partial charge in [-0.3, -0.25) is 4.79 Å². The molecular weight excluding hydrogens is 454 g/mol. The molecule has 2 aromatic carbocycles. The Morgan fingerprint density at radius 1 is 1.00 bits per heavy atom. The van der Waals surface area contributed by atoms with Crippen molar-refractivity contribution in [3.8, 4) is 11.5 Å². The molecule has 4 rings (SSSR count). The summed E-state index contributed by atoms with van der Waals surface area (Å²) < 4.78 is 16.6. The first-order valence-corrected chi connectivity index (χ1v) is 12.5. The number of methoxy groups -OCH3 is 2. The zero-order valence-corrected chi connectivity index (χ0v) is 21.9. The minimum Gasteiger partial charge on any atom is -0.493 e. The zero-order chi connectivity index (χ0) is 26.0. The lowest BCUT2D eigenvalue weighted by Gasteiger charge is -2.37. The second kappa shape index (κ2) is 10.6. The van der Waals surface area contributed by atoms with E-state index in [1.807, 2.05) is 70.2 Å². The molecule has 0 fully saturated rings. The summed E-state index contributed by atoms with van der Waals surface area (Å²) in [6, 6.07) is 13.9. The molecule has 3 atom stereocenters. The van der Waals surface area contributed by atoms with Crippen molar-refractivity contribution >= 4 is 11.8 Å². The molecule has 1 aliphatic heterocycles. The highest BCUT2D eigenvalue weighted by atomic mass is 16.5. The van der Waals surface area contributed by atoms with E-state index in [1.54, 1.807) is 14.2 Å². The molecule has 1 aliphatic carbocycles. The predicted octanol–water partition coefficient (Wildman–Crippen LogP) is 5.72. The number of dihydropyridines is 1. The standard InChI is InChI=1S/C30H35NO5/c1-7-18(3)36-30(33)27-19(4)31-23-14-22(21-12-13-25(34-5)26(16-21)35-6)15-24(32)29(23)28(27)20-10-8-17(2)9-11-20/h8-13,16,18,22,28,31H,7,14-15H2,1-6H3/t18-,22+,28+/m0/s1. The van der Waals surface area contributed by atoms with Gasteiger partial charge in [0.15, 0.2) is 17.3 Å². The van der Waals surface area contributed by atoms with Crippen molar-refractivity contribution in [1.29, 1.82) is 0 Å². The lowest BCUT2D eigenvalue weighted by Crippen LogP contribution is -2.36. The smallest absolute Gasteiger partial charge is 0.337 e. The second-order valence-electron chi connectivity index (χ2n) is 9.67. The molecule has 0 aromatic heterocycles. The highest BCUT2D eigenvalue weighted by Gasteiger charge is 2.41. The molecular formula is C30H35NO5. The Bertz CT molecular complexity index is 1220. The van der Waals surface area contributed by atoms with Crippen LogP contribution in [-0.4, -0.2) is 32.1 Å². The van der Waals surface area contributed by atoms with E-state index in [0.717, 1.165) is 34.5 Å². The average Bonchev–Trinajstić information content (AvgIpc) is 2.87. The number of nitrogens with one attached hydrogen (secondary N) is 1. The molecule has 190 valence electrons. The quantitative estimate of drug-likeness (QED) is 0.502. The van der Waals surface area contributed by atoms with Gasteiger partial charge in [-0.1, -0.05) is 42.8 Å². The number of esters is 1. The van der Waals surface area contributed by atoms with E-state index < -0.39 is 5.92 Å². The van der Waals surface area contributed by atoms with E-state index >= 15 is 0 Å². The first-order valence-electron chi connectivity index (χ1n) is 12.5. The topological polar surface area (TPSA) is 73.9 Å². The number of allylic oxidation sites excluding steroid dienone is 3. The summed E-state index contributed by atoms with van der Waals surface area (Å²) in [7, 11) is 3.21. The Morgan fingerprint density at radius 2 is 1.67 bits per heavy atom. The summed E-state index contributed by atoms with van der Waals surface area (Å²) in [5.41, 5.74) is 5.83. The normalized spacial score (nSPS) is 20.4. The van der Waals surface area contributed by atoms with Crippen LogP contribution in [0.15, 0.2) is 65.0 Å². The van der Waals surface area contributed by atoms with Gasteiger partial charge in [0.2, 0.25) is 0 Å². The highest BCUT2D eigenvalue weighted by Crippen LogP contribution is 2.46. The highest BCUT2D eigenvalue weighted by molar-refractivity contribution is 6.04. The molecule has 0 amide bonds. The second-order valence-corrected chi connectivity index (χ2v) is 9.67. The van der Waals surface area contributed by atoms with E-state index in [4.69, 9.17) is 14.2 Å². The molecule has 0 radical (unpaired) electrons. The Hall–Kier alpha value is -3.54. The fourth-order valence-corrected chi connectivity index (χ4v) is 5.07. The Kier molecular flexibility index (Phi) is 7.53. The van der Waals surface area contributed by atoms with Crippen molar-refractivity contribution < 1.29 is 23.8 Å². The van der Waals surface area contributed by atoms with Crippen LogP contribution in [-0.2, 0) is 14.3 Å². The number of rotatable bonds is 7. The number of Topliss-reactive ketones (excluding diaryl/α,β-unsaturated/α-hetero) is 1. The number of ether oxygens (including phenoxy) is 3. The predicted molar refractivity (Wildman–Crippen MR) is 139 cm³/mol. The van der Waals surface area contributed by atoms with Gasteiger partial charge in [0.05, 0.1) is 25.9 Å². The molecule has 0 bridgehead atoms. The van der Waals surface area contributed by atoms with Crippen LogP contribution in [0.5, 0.6) is 11.5 Å². The SMILES string of the molecule is CC[C@H](C)OC(=O)C1=C(C)NC2=C(C(=O)C[C@H](c3ccc(OC)c(OC)c3)C2)[C@@H]1c1ccc(C)cc1. The average molecular weight is 490 g/mol.